The molecule has 2 aliphatic carbocycles. The first-order chi connectivity index (χ1) is 20.2. The number of rotatable bonds is 11. The van der Waals surface area contributed by atoms with Gasteiger partial charge in [-0.25, -0.2) is 0 Å². The Hall–Kier alpha value is -2.50. The van der Waals surface area contributed by atoms with E-state index in [0.29, 0.717) is 25.2 Å². The molecule has 0 amide bonds. The molecule has 0 aromatic heterocycles. The molecule has 1 heterocycles. The minimum Gasteiger partial charge on any atom is -0.369 e. The molecule has 218 valence electrons. The number of nitrogens with zero attached hydrogens (tertiary/aromatic N) is 1. The van der Waals surface area contributed by atoms with Crippen LogP contribution in [0.15, 0.2) is 91.0 Å². The molecule has 3 aromatic rings. The van der Waals surface area contributed by atoms with Crippen molar-refractivity contribution in [3.05, 3.63) is 108 Å². The summed E-state index contributed by atoms with van der Waals surface area (Å²) in [6, 6.07) is 31.8. The molecule has 0 N–H and O–H groups in total. The second-order valence-corrected chi connectivity index (χ2v) is 12.8. The molecule has 3 fully saturated rings. The molecule has 3 aromatic carbocycles. The van der Waals surface area contributed by atoms with Gasteiger partial charge in [-0.3, -0.25) is 4.90 Å². The fourth-order valence-corrected chi connectivity index (χ4v) is 7.31. The quantitative estimate of drug-likeness (QED) is 0.242. The average Bonchev–Trinajstić information content (AvgIpc) is 3.01. The number of hydrogen-bond donors (Lipinski definition) is 0. The van der Waals surface area contributed by atoms with Gasteiger partial charge in [-0.15, -0.1) is 0 Å². The standard InChI is InChI=1S/C37H47NO3/c1-29-35(40-27-32-14-7-3-8-15-32)36(41-28-33-16-9-4-10-17-33)34(39-26-31-12-5-2-6-13-31)25-38(29)24-30-18-22-37(23-19-30)20-11-21-37/h2-10,12-17,29-30,34-36H,11,18-28H2,1H3/t29-,34+,35-,36-/m1/s1. The van der Waals surface area contributed by atoms with E-state index in [0.717, 1.165) is 19.0 Å². The monoisotopic (exact) mass is 553 g/mol. The van der Waals surface area contributed by atoms with Crippen molar-refractivity contribution in [2.75, 3.05) is 13.1 Å². The molecule has 0 bridgehead atoms. The van der Waals surface area contributed by atoms with Gasteiger partial charge in [-0.05, 0) is 73.5 Å². The van der Waals surface area contributed by atoms with Crippen molar-refractivity contribution in [3.63, 3.8) is 0 Å². The Morgan fingerprint density at radius 1 is 0.634 bits per heavy atom. The second-order valence-electron chi connectivity index (χ2n) is 12.8. The van der Waals surface area contributed by atoms with E-state index in [1.54, 1.807) is 0 Å². The van der Waals surface area contributed by atoms with Crippen LogP contribution in [0.2, 0.25) is 0 Å². The molecule has 3 aliphatic rings. The molecular formula is C37H47NO3. The van der Waals surface area contributed by atoms with Gasteiger partial charge in [0.2, 0.25) is 0 Å². The van der Waals surface area contributed by atoms with E-state index < -0.39 is 0 Å². The zero-order valence-electron chi connectivity index (χ0n) is 24.7. The largest absolute Gasteiger partial charge is 0.369 e. The number of ether oxygens (including phenoxy) is 3. The average molecular weight is 554 g/mol. The number of hydrogen-bond acceptors (Lipinski definition) is 4. The van der Waals surface area contributed by atoms with Gasteiger partial charge in [-0.1, -0.05) is 97.4 Å². The Morgan fingerprint density at radius 2 is 1.12 bits per heavy atom. The van der Waals surface area contributed by atoms with Crippen molar-refractivity contribution in [1.82, 2.24) is 4.90 Å². The molecule has 4 nitrogen and oxygen atoms in total. The third kappa shape index (κ3) is 7.29. The van der Waals surface area contributed by atoms with Gasteiger partial charge >= 0.3 is 0 Å². The van der Waals surface area contributed by atoms with E-state index in [-0.39, 0.29) is 24.4 Å². The molecule has 4 heteroatoms. The minimum atomic E-state index is -0.154. The van der Waals surface area contributed by atoms with Crippen LogP contribution < -0.4 is 0 Å². The first kappa shape index (κ1) is 28.6. The lowest BCUT2D eigenvalue weighted by molar-refractivity contribution is -0.202. The lowest BCUT2D eigenvalue weighted by atomic mass is 9.59. The number of benzene rings is 3. The fourth-order valence-electron chi connectivity index (χ4n) is 7.31. The Morgan fingerprint density at radius 3 is 1.61 bits per heavy atom. The first-order valence-electron chi connectivity index (χ1n) is 15.9. The van der Waals surface area contributed by atoms with Crippen molar-refractivity contribution in [2.45, 2.75) is 96.0 Å². The lowest BCUT2D eigenvalue weighted by Crippen LogP contribution is -2.63. The van der Waals surface area contributed by atoms with E-state index in [4.69, 9.17) is 14.2 Å². The summed E-state index contributed by atoms with van der Waals surface area (Å²) < 4.78 is 20.3. The molecule has 1 aliphatic heterocycles. The van der Waals surface area contributed by atoms with E-state index in [9.17, 15) is 0 Å². The van der Waals surface area contributed by atoms with Crippen LogP contribution in [-0.2, 0) is 34.0 Å². The smallest absolute Gasteiger partial charge is 0.113 e. The zero-order valence-corrected chi connectivity index (χ0v) is 24.7. The van der Waals surface area contributed by atoms with Crippen LogP contribution in [0, 0.1) is 11.3 Å². The van der Waals surface area contributed by atoms with Crippen LogP contribution in [0.1, 0.15) is 68.6 Å². The Labute approximate surface area is 247 Å². The minimum absolute atomic E-state index is 0.0718. The Kier molecular flexibility index (Phi) is 9.53. The van der Waals surface area contributed by atoms with Gasteiger partial charge in [0, 0.05) is 19.1 Å². The van der Waals surface area contributed by atoms with Crippen molar-refractivity contribution in [1.29, 1.82) is 0 Å². The van der Waals surface area contributed by atoms with Gasteiger partial charge in [0.15, 0.2) is 0 Å². The predicted octanol–water partition coefficient (Wildman–Crippen LogP) is 7.81. The maximum atomic E-state index is 6.80. The molecule has 2 saturated carbocycles. The summed E-state index contributed by atoms with van der Waals surface area (Å²) in [6.45, 7) is 6.05. The highest BCUT2D eigenvalue weighted by atomic mass is 16.6. The Balaban J connectivity index is 1.20. The molecule has 41 heavy (non-hydrogen) atoms. The highest BCUT2D eigenvalue weighted by Crippen LogP contribution is 2.52. The number of likely N-dealkylation sites (tertiary alicyclic amines) is 1. The normalized spacial score (nSPS) is 26.6. The van der Waals surface area contributed by atoms with E-state index in [2.05, 4.69) is 103 Å². The molecule has 4 atom stereocenters. The molecular weight excluding hydrogens is 506 g/mol. The van der Waals surface area contributed by atoms with Crippen molar-refractivity contribution >= 4 is 0 Å². The van der Waals surface area contributed by atoms with Gasteiger partial charge in [0.1, 0.15) is 12.2 Å². The summed E-state index contributed by atoms with van der Waals surface area (Å²) in [5.74, 6) is 0.759. The summed E-state index contributed by atoms with van der Waals surface area (Å²) in [6.07, 6.45) is 9.63. The van der Waals surface area contributed by atoms with Crippen molar-refractivity contribution < 1.29 is 14.2 Å². The van der Waals surface area contributed by atoms with Crippen LogP contribution in [0.25, 0.3) is 0 Å². The fraction of sp³-hybridized carbons (Fsp3) is 0.514. The van der Waals surface area contributed by atoms with Crippen LogP contribution in [0.5, 0.6) is 0 Å². The molecule has 0 radical (unpaired) electrons. The summed E-state index contributed by atoms with van der Waals surface area (Å²) in [7, 11) is 0. The second kappa shape index (κ2) is 13.6. The summed E-state index contributed by atoms with van der Waals surface area (Å²) in [5, 5.41) is 0. The molecule has 1 spiro atoms. The molecule has 0 unspecified atom stereocenters. The lowest BCUT2D eigenvalue weighted by Gasteiger charge is -2.50. The third-order valence-corrected chi connectivity index (χ3v) is 10.1. The van der Waals surface area contributed by atoms with Gasteiger partial charge in [0.25, 0.3) is 0 Å². The maximum absolute atomic E-state index is 6.80. The van der Waals surface area contributed by atoms with E-state index in [1.807, 2.05) is 0 Å². The Bertz CT molecular complexity index is 1170. The van der Waals surface area contributed by atoms with Gasteiger partial charge < -0.3 is 14.2 Å². The molecule has 1 saturated heterocycles. The highest BCUT2D eigenvalue weighted by molar-refractivity contribution is 5.16. The van der Waals surface area contributed by atoms with Gasteiger partial charge in [0.05, 0.1) is 25.9 Å². The maximum Gasteiger partial charge on any atom is 0.113 e. The van der Waals surface area contributed by atoms with Crippen LogP contribution in [0.3, 0.4) is 0 Å². The third-order valence-electron chi connectivity index (χ3n) is 10.1. The van der Waals surface area contributed by atoms with Crippen LogP contribution in [-0.4, -0.2) is 42.3 Å². The summed E-state index contributed by atoms with van der Waals surface area (Å²) >= 11 is 0. The zero-order chi connectivity index (χ0) is 27.9. The molecule has 6 rings (SSSR count). The topological polar surface area (TPSA) is 30.9 Å². The van der Waals surface area contributed by atoms with E-state index in [1.165, 1.54) is 61.6 Å². The summed E-state index contributed by atoms with van der Waals surface area (Å²) in [5.41, 5.74) is 4.26. The van der Waals surface area contributed by atoms with Crippen molar-refractivity contribution in [2.24, 2.45) is 11.3 Å². The SMILES string of the molecule is C[C@@H]1[C@@H](OCc2ccccc2)[C@H](OCc2ccccc2)[C@@H](OCc2ccccc2)CN1CC1CCC2(CCC2)CC1. The highest BCUT2D eigenvalue weighted by Gasteiger charge is 2.46. The predicted molar refractivity (Wildman–Crippen MR) is 164 cm³/mol. The summed E-state index contributed by atoms with van der Waals surface area (Å²) in [4.78, 5) is 2.66. The van der Waals surface area contributed by atoms with Crippen molar-refractivity contribution in [3.8, 4) is 0 Å². The van der Waals surface area contributed by atoms with Crippen LogP contribution >= 0.6 is 0 Å². The first-order valence-corrected chi connectivity index (χ1v) is 15.9. The van der Waals surface area contributed by atoms with E-state index >= 15 is 0 Å². The van der Waals surface area contributed by atoms with Gasteiger partial charge in [-0.2, -0.15) is 0 Å². The number of piperidine rings is 1. The van der Waals surface area contributed by atoms with Crippen LogP contribution in [0.4, 0.5) is 0 Å².